The largest absolute Gasteiger partial charge is 0.358 e. The van der Waals surface area contributed by atoms with Gasteiger partial charge in [-0.1, -0.05) is 72.1 Å². The molecule has 3 aromatic heterocycles. The maximum absolute atomic E-state index is 13.3. The minimum Gasteiger partial charge on any atom is -0.358 e. The van der Waals surface area contributed by atoms with Gasteiger partial charge in [0.15, 0.2) is 15.3 Å². The molecule has 6 aromatic rings. The normalized spacial score (nSPS) is 11.5. The van der Waals surface area contributed by atoms with Crippen LogP contribution in [-0.4, -0.2) is 36.3 Å². The second-order valence-corrected chi connectivity index (χ2v) is 11.4. The van der Waals surface area contributed by atoms with Gasteiger partial charge in [-0.05, 0) is 37.3 Å². The van der Waals surface area contributed by atoms with Gasteiger partial charge < -0.3 is 4.98 Å². The lowest BCUT2D eigenvalue weighted by Crippen LogP contribution is -2.06. The van der Waals surface area contributed by atoms with Crippen molar-refractivity contribution in [3.05, 3.63) is 95.9 Å². The first-order chi connectivity index (χ1) is 17.7. The molecule has 0 bridgehead atoms. The lowest BCUT2D eigenvalue weighted by Gasteiger charge is -2.09. The number of nitrogens with one attached hydrogen (secondary N) is 1. The first-order valence-corrected chi connectivity index (χ1v) is 14.2. The van der Waals surface area contributed by atoms with E-state index in [1.165, 1.54) is 16.5 Å². The van der Waals surface area contributed by atoms with Crippen LogP contribution in [-0.2, 0) is 5.75 Å². The van der Waals surface area contributed by atoms with E-state index in [-0.39, 0.29) is 11.5 Å². The number of rotatable bonds is 8. The van der Waals surface area contributed by atoms with Crippen molar-refractivity contribution in [2.75, 3.05) is 5.75 Å². The Balaban J connectivity index is 1.26. The van der Waals surface area contributed by atoms with Gasteiger partial charge in [-0.25, -0.2) is 4.98 Å². The standard InChI is InChI=1S/C27H21N5OS3/c1-17-25(19-11-5-6-12-20(19)28-17)22(33)15-34-26-31-30-24(32(26)18-9-3-2-4-10-18)16-35-27-29-21-13-7-8-14-23(21)36-27/h2-14,28H,15-16H2,1H3. The minimum absolute atomic E-state index is 0.0722. The number of H-pyrrole nitrogens is 1. The molecule has 0 saturated carbocycles. The van der Waals surface area contributed by atoms with E-state index in [0.29, 0.717) is 10.9 Å². The van der Waals surface area contributed by atoms with Crippen molar-refractivity contribution in [3.8, 4) is 5.69 Å². The van der Waals surface area contributed by atoms with Crippen LogP contribution >= 0.6 is 34.9 Å². The monoisotopic (exact) mass is 527 g/mol. The number of nitrogens with zero attached hydrogens (tertiary/aromatic N) is 4. The van der Waals surface area contributed by atoms with Crippen molar-refractivity contribution in [2.45, 2.75) is 22.2 Å². The molecular weight excluding hydrogens is 507 g/mol. The van der Waals surface area contributed by atoms with Gasteiger partial charge in [0.05, 0.1) is 21.7 Å². The van der Waals surface area contributed by atoms with Gasteiger partial charge in [-0.15, -0.1) is 21.5 Å². The van der Waals surface area contributed by atoms with Crippen molar-refractivity contribution in [1.82, 2.24) is 24.7 Å². The molecule has 0 saturated heterocycles. The van der Waals surface area contributed by atoms with E-state index in [1.807, 2.05) is 84.3 Å². The maximum atomic E-state index is 13.3. The SMILES string of the molecule is Cc1[nH]c2ccccc2c1C(=O)CSc1nnc(CSc2nc3ccccc3s2)n1-c1ccccc1. The van der Waals surface area contributed by atoms with Crippen LogP contribution in [0.15, 0.2) is 88.4 Å². The number of aromatic nitrogens is 5. The van der Waals surface area contributed by atoms with E-state index >= 15 is 0 Å². The highest BCUT2D eigenvalue weighted by Gasteiger charge is 2.20. The second kappa shape index (κ2) is 9.93. The van der Waals surface area contributed by atoms with Gasteiger partial charge in [-0.3, -0.25) is 9.36 Å². The van der Waals surface area contributed by atoms with Gasteiger partial charge >= 0.3 is 0 Å². The average Bonchev–Trinajstić information content (AvgIpc) is 3.60. The lowest BCUT2D eigenvalue weighted by molar-refractivity contribution is 0.102. The number of aromatic amines is 1. The van der Waals surface area contributed by atoms with Gasteiger partial charge in [0, 0.05) is 27.8 Å². The van der Waals surface area contributed by atoms with Crippen molar-refractivity contribution in [1.29, 1.82) is 0 Å². The summed E-state index contributed by atoms with van der Waals surface area (Å²) < 4.78 is 4.21. The van der Waals surface area contributed by atoms with Crippen LogP contribution in [0.4, 0.5) is 0 Å². The quantitative estimate of drug-likeness (QED) is 0.171. The third-order valence-corrected chi connectivity index (χ3v) is 8.92. The number of carbonyl (C=O) groups excluding carboxylic acids is 1. The maximum Gasteiger partial charge on any atom is 0.196 e. The number of thioether (sulfide) groups is 2. The first-order valence-electron chi connectivity index (χ1n) is 11.4. The number of para-hydroxylation sites is 3. The molecule has 178 valence electrons. The summed E-state index contributed by atoms with van der Waals surface area (Å²) in [5, 5.41) is 10.6. The molecule has 0 radical (unpaired) electrons. The third-order valence-electron chi connectivity index (χ3n) is 5.82. The number of carbonyl (C=O) groups is 1. The van der Waals surface area contributed by atoms with Crippen molar-refractivity contribution < 1.29 is 4.79 Å². The number of Topliss-reactive ketones (excluding diaryl/α,β-unsaturated/α-hetero) is 1. The van der Waals surface area contributed by atoms with E-state index in [2.05, 4.69) is 21.2 Å². The topological polar surface area (TPSA) is 76.5 Å². The Morgan fingerprint density at radius 2 is 1.72 bits per heavy atom. The summed E-state index contributed by atoms with van der Waals surface area (Å²) in [6.07, 6.45) is 0. The van der Waals surface area contributed by atoms with Crippen molar-refractivity contribution in [3.63, 3.8) is 0 Å². The zero-order chi connectivity index (χ0) is 24.5. The molecule has 0 amide bonds. The van der Waals surface area contributed by atoms with Crippen LogP contribution < -0.4 is 0 Å². The van der Waals surface area contributed by atoms with Crippen LogP contribution in [0, 0.1) is 6.92 Å². The predicted octanol–water partition coefficient (Wildman–Crippen LogP) is 6.93. The molecule has 0 aliphatic heterocycles. The fourth-order valence-corrected chi connectivity index (χ4v) is 7.03. The first kappa shape index (κ1) is 23.0. The molecule has 0 atom stereocenters. The number of thiazole rings is 1. The predicted molar refractivity (Wildman–Crippen MR) is 149 cm³/mol. The van der Waals surface area contributed by atoms with Gasteiger partial charge in [0.25, 0.3) is 0 Å². The molecule has 0 fully saturated rings. The summed E-state index contributed by atoms with van der Waals surface area (Å²) in [6.45, 7) is 1.95. The summed E-state index contributed by atoms with van der Waals surface area (Å²) in [5.74, 6) is 1.79. The van der Waals surface area contributed by atoms with Crippen molar-refractivity contribution in [2.24, 2.45) is 0 Å². The molecule has 1 N–H and O–H groups in total. The zero-order valence-corrected chi connectivity index (χ0v) is 21.8. The van der Waals surface area contributed by atoms with E-state index in [1.54, 1.807) is 23.1 Å². The molecule has 6 rings (SSSR count). The second-order valence-electron chi connectivity index (χ2n) is 8.19. The Kier molecular flexibility index (Phi) is 6.35. The van der Waals surface area contributed by atoms with E-state index in [9.17, 15) is 4.79 Å². The summed E-state index contributed by atoms with van der Waals surface area (Å²) in [5.41, 5.74) is 4.59. The summed E-state index contributed by atoms with van der Waals surface area (Å²) in [4.78, 5) is 21.3. The molecule has 3 heterocycles. The van der Waals surface area contributed by atoms with Crippen LogP contribution in [0.25, 0.3) is 26.8 Å². The average molecular weight is 528 g/mol. The molecule has 0 unspecified atom stereocenters. The lowest BCUT2D eigenvalue weighted by atomic mass is 10.1. The minimum atomic E-state index is 0.0722. The zero-order valence-electron chi connectivity index (χ0n) is 19.3. The van der Waals surface area contributed by atoms with Crippen LogP contribution in [0.2, 0.25) is 0 Å². The molecule has 0 spiro atoms. The Morgan fingerprint density at radius 3 is 2.58 bits per heavy atom. The third kappa shape index (κ3) is 4.45. The van der Waals surface area contributed by atoms with E-state index in [0.717, 1.165) is 43.5 Å². The Labute approximate surface area is 220 Å². The molecule has 9 heteroatoms. The molecule has 3 aromatic carbocycles. The number of hydrogen-bond acceptors (Lipinski definition) is 7. The molecule has 36 heavy (non-hydrogen) atoms. The Morgan fingerprint density at radius 1 is 0.944 bits per heavy atom. The number of ketones is 1. The highest BCUT2D eigenvalue weighted by Crippen LogP contribution is 2.33. The van der Waals surface area contributed by atoms with Crippen LogP contribution in [0.3, 0.4) is 0 Å². The van der Waals surface area contributed by atoms with Gasteiger partial charge in [0.1, 0.15) is 5.82 Å². The Bertz CT molecular complexity index is 1650. The van der Waals surface area contributed by atoms with Crippen molar-refractivity contribution >= 4 is 61.8 Å². The Hall–Kier alpha value is -3.40. The molecular formula is C27H21N5OS3. The van der Waals surface area contributed by atoms with Crippen LogP contribution in [0.5, 0.6) is 0 Å². The summed E-state index contributed by atoms with van der Waals surface area (Å²) in [7, 11) is 0. The molecule has 0 aliphatic carbocycles. The highest BCUT2D eigenvalue weighted by molar-refractivity contribution is 8.00. The van der Waals surface area contributed by atoms with E-state index < -0.39 is 0 Å². The molecule has 6 nitrogen and oxygen atoms in total. The number of fused-ring (bicyclic) bond motifs is 2. The van der Waals surface area contributed by atoms with E-state index in [4.69, 9.17) is 4.98 Å². The van der Waals surface area contributed by atoms with Crippen LogP contribution in [0.1, 0.15) is 21.9 Å². The number of aryl methyl sites for hydroxylation is 1. The van der Waals surface area contributed by atoms with Gasteiger partial charge in [0.2, 0.25) is 0 Å². The molecule has 0 aliphatic rings. The smallest absolute Gasteiger partial charge is 0.196 e. The highest BCUT2D eigenvalue weighted by atomic mass is 32.2. The number of benzene rings is 3. The fourth-order valence-electron chi connectivity index (χ4n) is 4.20. The fraction of sp³-hybridized carbons (Fsp3) is 0.111. The summed E-state index contributed by atoms with van der Waals surface area (Å²) >= 11 is 4.75. The number of hydrogen-bond donors (Lipinski definition) is 1. The summed E-state index contributed by atoms with van der Waals surface area (Å²) in [6, 6.07) is 26.1. The van der Waals surface area contributed by atoms with Gasteiger partial charge in [-0.2, -0.15) is 0 Å².